The summed E-state index contributed by atoms with van der Waals surface area (Å²) in [6.07, 6.45) is -0.150. The van der Waals surface area contributed by atoms with E-state index in [1.54, 1.807) is 11.3 Å². The number of hydrogen-bond donors (Lipinski definition) is 1. The van der Waals surface area contributed by atoms with Crippen molar-refractivity contribution in [1.29, 1.82) is 0 Å². The first-order chi connectivity index (χ1) is 7.77. The molecular weight excluding hydrogens is 224 g/mol. The maximum absolute atomic E-state index is 5.44. The maximum Gasteiger partial charge on any atom is 0.169 e. The number of thiazole rings is 1. The van der Waals surface area contributed by atoms with Crippen molar-refractivity contribution in [1.82, 2.24) is 10.3 Å². The molecule has 1 rings (SSSR count). The summed E-state index contributed by atoms with van der Waals surface area (Å²) in [7, 11) is 0. The minimum atomic E-state index is -0.150. The number of nitrogens with one attached hydrogen (secondary N) is 1. The molecule has 1 heterocycles. The zero-order valence-electron chi connectivity index (χ0n) is 10.2. The minimum absolute atomic E-state index is 0.150. The van der Waals surface area contributed by atoms with Crippen molar-refractivity contribution in [2.75, 3.05) is 19.8 Å². The van der Waals surface area contributed by atoms with E-state index in [0.717, 1.165) is 12.2 Å². The fraction of sp³-hybridized carbons (Fsp3) is 0.727. The Bertz CT molecular complexity index is 285. The zero-order valence-corrected chi connectivity index (χ0v) is 11.0. The summed E-state index contributed by atoms with van der Waals surface area (Å²) in [6, 6.07) is 0. The highest BCUT2D eigenvalue weighted by Gasteiger charge is 2.07. The lowest BCUT2D eigenvalue weighted by atomic mass is 10.4. The van der Waals surface area contributed by atoms with E-state index in [1.165, 1.54) is 4.88 Å². The number of aromatic nitrogens is 1. The molecule has 16 heavy (non-hydrogen) atoms. The van der Waals surface area contributed by atoms with Crippen LogP contribution in [0.4, 0.5) is 0 Å². The van der Waals surface area contributed by atoms with Gasteiger partial charge >= 0.3 is 0 Å². The van der Waals surface area contributed by atoms with Crippen molar-refractivity contribution in [2.45, 2.75) is 33.6 Å². The SMILES string of the molecule is CCOC(CNCc1scnc1C)OCC. The van der Waals surface area contributed by atoms with Gasteiger partial charge in [0, 0.05) is 31.2 Å². The predicted octanol–water partition coefficient (Wildman–Crippen LogP) is 1.94. The van der Waals surface area contributed by atoms with Crippen LogP contribution in [0.25, 0.3) is 0 Å². The quantitative estimate of drug-likeness (QED) is 0.710. The zero-order chi connectivity index (χ0) is 11.8. The molecule has 4 nitrogen and oxygen atoms in total. The Morgan fingerprint density at radius 2 is 2.06 bits per heavy atom. The molecule has 0 unspecified atom stereocenters. The second-order valence-electron chi connectivity index (χ2n) is 3.33. The number of aryl methyl sites for hydroxylation is 1. The monoisotopic (exact) mass is 244 g/mol. The molecule has 0 amide bonds. The lowest BCUT2D eigenvalue weighted by Gasteiger charge is -2.17. The van der Waals surface area contributed by atoms with Crippen LogP contribution in [0.1, 0.15) is 24.4 Å². The summed E-state index contributed by atoms with van der Waals surface area (Å²) in [5, 5.41) is 3.32. The summed E-state index contributed by atoms with van der Waals surface area (Å²) >= 11 is 1.67. The molecule has 5 heteroatoms. The van der Waals surface area contributed by atoms with Crippen LogP contribution in [0.3, 0.4) is 0 Å². The summed E-state index contributed by atoms with van der Waals surface area (Å²) in [6.45, 7) is 8.85. The number of nitrogens with zero attached hydrogens (tertiary/aromatic N) is 1. The van der Waals surface area contributed by atoms with Crippen molar-refractivity contribution in [3.05, 3.63) is 16.1 Å². The summed E-state index contributed by atoms with van der Waals surface area (Å²) in [5.74, 6) is 0. The Morgan fingerprint density at radius 3 is 2.56 bits per heavy atom. The highest BCUT2D eigenvalue weighted by molar-refractivity contribution is 7.09. The van der Waals surface area contributed by atoms with E-state index in [9.17, 15) is 0 Å². The molecule has 0 aromatic carbocycles. The van der Waals surface area contributed by atoms with Gasteiger partial charge in [0.2, 0.25) is 0 Å². The van der Waals surface area contributed by atoms with Gasteiger partial charge in [-0.1, -0.05) is 0 Å². The van der Waals surface area contributed by atoms with Gasteiger partial charge < -0.3 is 14.8 Å². The molecule has 0 atom stereocenters. The topological polar surface area (TPSA) is 43.4 Å². The Hall–Kier alpha value is -0.490. The van der Waals surface area contributed by atoms with Crippen LogP contribution in [0.2, 0.25) is 0 Å². The summed E-state index contributed by atoms with van der Waals surface area (Å²) < 4.78 is 10.9. The number of hydrogen-bond acceptors (Lipinski definition) is 5. The maximum atomic E-state index is 5.44. The van der Waals surface area contributed by atoms with Gasteiger partial charge in [-0.2, -0.15) is 0 Å². The predicted molar refractivity (Wildman–Crippen MR) is 65.6 cm³/mol. The van der Waals surface area contributed by atoms with Crippen LogP contribution in [0, 0.1) is 6.92 Å². The van der Waals surface area contributed by atoms with Crippen LogP contribution >= 0.6 is 11.3 Å². The molecule has 0 spiro atoms. The third-order valence-electron chi connectivity index (χ3n) is 2.15. The Morgan fingerprint density at radius 1 is 1.38 bits per heavy atom. The molecule has 0 aliphatic heterocycles. The van der Waals surface area contributed by atoms with Crippen LogP contribution in [0.15, 0.2) is 5.51 Å². The molecular formula is C11H20N2O2S. The largest absolute Gasteiger partial charge is 0.352 e. The molecule has 1 N–H and O–H groups in total. The molecule has 0 radical (unpaired) electrons. The van der Waals surface area contributed by atoms with E-state index >= 15 is 0 Å². The highest BCUT2D eigenvalue weighted by Crippen LogP contribution is 2.11. The van der Waals surface area contributed by atoms with Gasteiger partial charge in [-0.15, -0.1) is 11.3 Å². The van der Waals surface area contributed by atoms with Crippen molar-refractivity contribution >= 4 is 11.3 Å². The summed E-state index contributed by atoms with van der Waals surface area (Å²) in [4.78, 5) is 5.47. The molecule has 0 saturated carbocycles. The first-order valence-corrected chi connectivity index (χ1v) is 6.48. The minimum Gasteiger partial charge on any atom is -0.352 e. The van der Waals surface area contributed by atoms with Gasteiger partial charge in [0.15, 0.2) is 6.29 Å². The van der Waals surface area contributed by atoms with Crippen molar-refractivity contribution in [3.63, 3.8) is 0 Å². The molecule has 0 bridgehead atoms. The summed E-state index contributed by atoms with van der Waals surface area (Å²) in [5.41, 5.74) is 2.97. The Kier molecular flexibility index (Phi) is 6.56. The van der Waals surface area contributed by atoms with E-state index in [2.05, 4.69) is 10.3 Å². The fourth-order valence-electron chi connectivity index (χ4n) is 1.34. The van der Waals surface area contributed by atoms with Gasteiger partial charge in [0.05, 0.1) is 11.2 Å². The molecule has 0 fully saturated rings. The van der Waals surface area contributed by atoms with Gasteiger partial charge in [-0.05, 0) is 20.8 Å². The van der Waals surface area contributed by atoms with Gasteiger partial charge in [-0.3, -0.25) is 0 Å². The van der Waals surface area contributed by atoms with Crippen molar-refractivity contribution < 1.29 is 9.47 Å². The van der Waals surface area contributed by atoms with E-state index in [0.29, 0.717) is 19.8 Å². The standard InChI is InChI=1S/C11H20N2O2S/c1-4-14-11(15-5-2)7-12-6-10-9(3)13-8-16-10/h8,11-12H,4-7H2,1-3H3. The van der Waals surface area contributed by atoms with E-state index < -0.39 is 0 Å². The van der Waals surface area contributed by atoms with E-state index in [-0.39, 0.29) is 6.29 Å². The van der Waals surface area contributed by atoms with Gasteiger partial charge in [-0.25, -0.2) is 4.98 Å². The van der Waals surface area contributed by atoms with Crippen LogP contribution < -0.4 is 5.32 Å². The third kappa shape index (κ3) is 4.57. The smallest absolute Gasteiger partial charge is 0.169 e. The second kappa shape index (κ2) is 7.73. The van der Waals surface area contributed by atoms with Crippen molar-refractivity contribution in [2.24, 2.45) is 0 Å². The second-order valence-corrected chi connectivity index (χ2v) is 4.27. The molecule has 1 aromatic rings. The third-order valence-corrected chi connectivity index (χ3v) is 3.08. The van der Waals surface area contributed by atoms with Gasteiger partial charge in [0.25, 0.3) is 0 Å². The molecule has 92 valence electrons. The Labute approximate surface area is 101 Å². The lowest BCUT2D eigenvalue weighted by molar-refractivity contribution is -0.133. The average Bonchev–Trinajstić information content (AvgIpc) is 2.65. The van der Waals surface area contributed by atoms with Crippen LogP contribution in [-0.2, 0) is 16.0 Å². The van der Waals surface area contributed by atoms with E-state index in [4.69, 9.17) is 9.47 Å². The van der Waals surface area contributed by atoms with Crippen molar-refractivity contribution in [3.8, 4) is 0 Å². The van der Waals surface area contributed by atoms with Gasteiger partial charge in [0.1, 0.15) is 0 Å². The number of rotatable bonds is 8. The molecule has 0 aliphatic rings. The normalized spacial score (nSPS) is 11.2. The number of ether oxygens (including phenoxy) is 2. The average molecular weight is 244 g/mol. The first kappa shape index (κ1) is 13.6. The highest BCUT2D eigenvalue weighted by atomic mass is 32.1. The molecule has 0 saturated heterocycles. The van der Waals surface area contributed by atoms with Crippen LogP contribution in [-0.4, -0.2) is 31.0 Å². The lowest BCUT2D eigenvalue weighted by Crippen LogP contribution is -2.31. The van der Waals surface area contributed by atoms with E-state index in [1.807, 2.05) is 26.3 Å². The fourth-order valence-corrected chi connectivity index (χ4v) is 2.08. The molecule has 1 aromatic heterocycles. The molecule has 0 aliphatic carbocycles. The van der Waals surface area contributed by atoms with Crippen LogP contribution in [0.5, 0.6) is 0 Å². The first-order valence-electron chi connectivity index (χ1n) is 5.60. The Balaban J connectivity index is 2.24.